The predicted molar refractivity (Wildman–Crippen MR) is 81.4 cm³/mol. The number of nitrogens with zero attached hydrogens (tertiary/aromatic N) is 2. The highest BCUT2D eigenvalue weighted by Gasteiger charge is 2.23. The van der Waals surface area contributed by atoms with Crippen LogP contribution in [0.5, 0.6) is 0 Å². The van der Waals surface area contributed by atoms with Gasteiger partial charge in [0, 0.05) is 31.4 Å². The molecular formula is C16H27N3. The van der Waals surface area contributed by atoms with E-state index in [0.29, 0.717) is 12.1 Å². The molecule has 0 aromatic carbocycles. The van der Waals surface area contributed by atoms with Crippen LogP contribution in [-0.2, 0) is 6.54 Å². The van der Waals surface area contributed by atoms with Crippen molar-refractivity contribution in [2.75, 3.05) is 11.4 Å². The molecule has 0 aliphatic carbocycles. The minimum atomic E-state index is 0.517. The van der Waals surface area contributed by atoms with Crippen molar-refractivity contribution in [3.8, 4) is 0 Å². The molecule has 1 aliphatic heterocycles. The lowest BCUT2D eigenvalue weighted by atomic mass is 9.93. The number of piperidine rings is 1. The van der Waals surface area contributed by atoms with Gasteiger partial charge in [-0.1, -0.05) is 26.8 Å². The van der Waals surface area contributed by atoms with E-state index in [1.54, 1.807) is 0 Å². The minimum Gasteiger partial charge on any atom is -0.354 e. The van der Waals surface area contributed by atoms with Crippen LogP contribution < -0.4 is 10.2 Å². The Hall–Kier alpha value is -1.09. The summed E-state index contributed by atoms with van der Waals surface area (Å²) in [6, 6.07) is 5.49. The first kappa shape index (κ1) is 14.3. The number of anilines is 1. The van der Waals surface area contributed by atoms with Gasteiger partial charge in [0.15, 0.2) is 0 Å². The predicted octanol–water partition coefficient (Wildman–Crippen LogP) is 3.20. The van der Waals surface area contributed by atoms with Crippen LogP contribution >= 0.6 is 0 Å². The quantitative estimate of drug-likeness (QED) is 0.902. The second-order valence-electron chi connectivity index (χ2n) is 6.23. The zero-order chi connectivity index (χ0) is 13.8. The SMILES string of the molecule is CC1CCN(c2ccc(CNC(C)C)cn2)C(C)C1. The molecule has 1 saturated heterocycles. The molecule has 2 heterocycles. The Labute approximate surface area is 117 Å². The van der Waals surface area contributed by atoms with Crippen molar-refractivity contribution < 1.29 is 0 Å². The Kier molecular flexibility index (Phi) is 4.81. The Bertz CT molecular complexity index is 385. The van der Waals surface area contributed by atoms with Gasteiger partial charge in [0.1, 0.15) is 5.82 Å². The third kappa shape index (κ3) is 3.93. The van der Waals surface area contributed by atoms with Gasteiger partial charge in [-0.05, 0) is 37.3 Å². The Morgan fingerprint density at radius 2 is 2.16 bits per heavy atom. The smallest absolute Gasteiger partial charge is 0.128 e. The van der Waals surface area contributed by atoms with E-state index < -0.39 is 0 Å². The van der Waals surface area contributed by atoms with Crippen molar-refractivity contribution in [3.63, 3.8) is 0 Å². The third-order valence-electron chi connectivity index (χ3n) is 3.96. The molecule has 1 aromatic rings. The van der Waals surface area contributed by atoms with E-state index in [9.17, 15) is 0 Å². The molecule has 1 fully saturated rings. The normalized spacial score (nSPS) is 23.9. The van der Waals surface area contributed by atoms with Crippen LogP contribution in [0, 0.1) is 5.92 Å². The Balaban J connectivity index is 1.98. The first-order chi connectivity index (χ1) is 9.06. The molecule has 3 heteroatoms. The maximum absolute atomic E-state index is 4.64. The first-order valence-electron chi connectivity index (χ1n) is 7.51. The van der Waals surface area contributed by atoms with Gasteiger partial charge in [-0.2, -0.15) is 0 Å². The lowest BCUT2D eigenvalue weighted by Gasteiger charge is -2.37. The number of nitrogens with one attached hydrogen (secondary N) is 1. The summed E-state index contributed by atoms with van der Waals surface area (Å²) in [7, 11) is 0. The van der Waals surface area contributed by atoms with Gasteiger partial charge in [-0.3, -0.25) is 0 Å². The summed E-state index contributed by atoms with van der Waals surface area (Å²) in [5, 5.41) is 3.42. The average molecular weight is 261 g/mol. The van der Waals surface area contributed by atoms with Crippen molar-refractivity contribution in [1.82, 2.24) is 10.3 Å². The van der Waals surface area contributed by atoms with E-state index in [1.807, 2.05) is 6.20 Å². The molecule has 0 radical (unpaired) electrons. The fourth-order valence-corrected chi connectivity index (χ4v) is 2.76. The average Bonchev–Trinajstić information content (AvgIpc) is 2.37. The maximum atomic E-state index is 4.64. The summed E-state index contributed by atoms with van der Waals surface area (Å²) in [4.78, 5) is 7.09. The highest BCUT2D eigenvalue weighted by molar-refractivity contribution is 5.41. The van der Waals surface area contributed by atoms with Crippen LogP contribution in [0.4, 0.5) is 5.82 Å². The fourth-order valence-electron chi connectivity index (χ4n) is 2.76. The van der Waals surface area contributed by atoms with Gasteiger partial charge in [0.2, 0.25) is 0 Å². The molecule has 106 valence electrons. The molecule has 0 spiro atoms. The van der Waals surface area contributed by atoms with Crippen molar-refractivity contribution in [2.45, 2.75) is 59.2 Å². The third-order valence-corrected chi connectivity index (χ3v) is 3.96. The van der Waals surface area contributed by atoms with Gasteiger partial charge in [-0.25, -0.2) is 4.98 Å². The molecule has 1 aromatic heterocycles. The van der Waals surface area contributed by atoms with E-state index in [1.165, 1.54) is 18.4 Å². The van der Waals surface area contributed by atoms with Crippen LogP contribution in [0.3, 0.4) is 0 Å². The van der Waals surface area contributed by atoms with E-state index in [4.69, 9.17) is 0 Å². The molecule has 2 unspecified atom stereocenters. The first-order valence-corrected chi connectivity index (χ1v) is 7.51. The molecule has 1 aliphatic rings. The Morgan fingerprint density at radius 1 is 1.37 bits per heavy atom. The molecule has 3 nitrogen and oxygen atoms in total. The van der Waals surface area contributed by atoms with E-state index in [0.717, 1.165) is 24.8 Å². The van der Waals surface area contributed by atoms with E-state index in [2.05, 4.69) is 55.0 Å². The standard InChI is InChI=1S/C16H27N3/c1-12(2)17-10-15-5-6-16(18-11-15)19-8-7-13(3)9-14(19)4/h5-6,11-14,17H,7-10H2,1-4H3. The lowest BCUT2D eigenvalue weighted by Crippen LogP contribution is -2.40. The number of rotatable bonds is 4. The molecule has 2 rings (SSSR count). The zero-order valence-electron chi connectivity index (χ0n) is 12.7. The molecule has 2 atom stereocenters. The largest absolute Gasteiger partial charge is 0.354 e. The summed E-state index contributed by atoms with van der Waals surface area (Å²) in [6.07, 6.45) is 4.57. The molecule has 0 saturated carbocycles. The van der Waals surface area contributed by atoms with E-state index in [-0.39, 0.29) is 0 Å². The zero-order valence-corrected chi connectivity index (χ0v) is 12.7. The van der Waals surface area contributed by atoms with Crippen LogP contribution in [0.25, 0.3) is 0 Å². The molecule has 0 amide bonds. The number of hydrogen-bond donors (Lipinski definition) is 1. The van der Waals surface area contributed by atoms with Crippen molar-refractivity contribution in [2.24, 2.45) is 5.92 Å². The van der Waals surface area contributed by atoms with Gasteiger partial charge in [-0.15, -0.1) is 0 Å². The van der Waals surface area contributed by atoms with Crippen molar-refractivity contribution in [1.29, 1.82) is 0 Å². The van der Waals surface area contributed by atoms with Crippen LogP contribution in [0.1, 0.15) is 46.1 Å². The fraction of sp³-hybridized carbons (Fsp3) is 0.688. The number of hydrogen-bond acceptors (Lipinski definition) is 3. The summed E-state index contributed by atoms with van der Waals surface area (Å²) in [5.41, 5.74) is 1.26. The van der Waals surface area contributed by atoms with E-state index >= 15 is 0 Å². The summed E-state index contributed by atoms with van der Waals surface area (Å²) >= 11 is 0. The molecule has 19 heavy (non-hydrogen) atoms. The van der Waals surface area contributed by atoms with Gasteiger partial charge in [0.25, 0.3) is 0 Å². The number of pyridine rings is 1. The van der Waals surface area contributed by atoms with Gasteiger partial charge in [0.05, 0.1) is 0 Å². The highest BCUT2D eigenvalue weighted by atomic mass is 15.2. The van der Waals surface area contributed by atoms with Crippen LogP contribution in [0.2, 0.25) is 0 Å². The summed E-state index contributed by atoms with van der Waals surface area (Å²) in [5.74, 6) is 1.98. The maximum Gasteiger partial charge on any atom is 0.128 e. The minimum absolute atomic E-state index is 0.517. The van der Waals surface area contributed by atoms with Crippen LogP contribution in [0.15, 0.2) is 18.3 Å². The molecule has 1 N–H and O–H groups in total. The van der Waals surface area contributed by atoms with Crippen LogP contribution in [-0.4, -0.2) is 23.6 Å². The highest BCUT2D eigenvalue weighted by Crippen LogP contribution is 2.26. The second kappa shape index (κ2) is 6.38. The number of aromatic nitrogens is 1. The van der Waals surface area contributed by atoms with Gasteiger partial charge >= 0.3 is 0 Å². The van der Waals surface area contributed by atoms with Crippen molar-refractivity contribution in [3.05, 3.63) is 23.9 Å². The molecule has 0 bridgehead atoms. The summed E-state index contributed by atoms with van der Waals surface area (Å²) in [6.45, 7) is 11.0. The topological polar surface area (TPSA) is 28.2 Å². The molecular weight excluding hydrogens is 234 g/mol. The second-order valence-corrected chi connectivity index (χ2v) is 6.23. The lowest BCUT2D eigenvalue weighted by molar-refractivity contribution is 0.376. The van der Waals surface area contributed by atoms with Crippen molar-refractivity contribution >= 4 is 5.82 Å². The Morgan fingerprint density at radius 3 is 2.74 bits per heavy atom. The summed E-state index contributed by atoms with van der Waals surface area (Å²) < 4.78 is 0. The monoisotopic (exact) mass is 261 g/mol. The van der Waals surface area contributed by atoms with Gasteiger partial charge < -0.3 is 10.2 Å².